The molecular formula is C8H13N3O4Si. The van der Waals surface area contributed by atoms with Crippen LogP contribution in [0.4, 0.5) is 0 Å². The van der Waals surface area contributed by atoms with Gasteiger partial charge in [-0.05, 0) is 19.3 Å². The lowest BCUT2D eigenvalue weighted by Crippen LogP contribution is -2.49. The molecule has 8 heteroatoms. The molecule has 1 fully saturated rings. The number of hydrogen-bond donors (Lipinski definition) is 2. The fraction of sp³-hybridized carbons (Fsp3) is 0.625. The number of nitrogens with one attached hydrogen (secondary N) is 2. The van der Waals surface area contributed by atoms with E-state index in [1.165, 1.54) is 0 Å². The topological polar surface area (TPSA) is 96.9 Å². The molecule has 1 unspecified atom stereocenters. The summed E-state index contributed by atoms with van der Waals surface area (Å²) in [6.07, 6.45) is 2.98. The van der Waals surface area contributed by atoms with Gasteiger partial charge in [0.05, 0.1) is 5.73 Å². The summed E-state index contributed by atoms with van der Waals surface area (Å²) in [6, 6.07) is 0. The maximum atomic E-state index is 11.4. The molecule has 88 valence electrons. The Morgan fingerprint density at radius 2 is 1.88 bits per heavy atom. The van der Waals surface area contributed by atoms with Crippen LogP contribution in [-0.4, -0.2) is 36.2 Å². The van der Waals surface area contributed by atoms with Crippen LogP contribution in [0, 0.1) is 0 Å². The molecule has 0 saturated carbocycles. The Bertz CT molecular complexity index is 491. The summed E-state index contributed by atoms with van der Waals surface area (Å²) < 4.78 is 6.57. The highest BCUT2D eigenvalue weighted by Gasteiger charge is 2.17. The van der Waals surface area contributed by atoms with E-state index in [1.807, 2.05) is 9.97 Å². The Balaban J connectivity index is 2.24. The quantitative estimate of drug-likeness (QED) is 0.570. The molecule has 7 nitrogen and oxygen atoms in total. The zero-order valence-corrected chi connectivity index (χ0v) is 10.1. The van der Waals surface area contributed by atoms with Gasteiger partial charge in [0.1, 0.15) is 0 Å². The van der Waals surface area contributed by atoms with E-state index in [4.69, 9.17) is 4.74 Å². The smallest absolute Gasteiger partial charge is 0.330 e. The van der Waals surface area contributed by atoms with Crippen molar-refractivity contribution in [3.05, 3.63) is 31.5 Å². The van der Waals surface area contributed by atoms with Crippen molar-refractivity contribution in [2.24, 2.45) is 0 Å². The molecule has 1 aromatic heterocycles. The second-order valence-corrected chi connectivity index (χ2v) is 5.70. The molecule has 0 spiro atoms. The Morgan fingerprint density at radius 3 is 2.44 bits per heavy atom. The van der Waals surface area contributed by atoms with Gasteiger partial charge in [-0.3, -0.25) is 14.2 Å². The Labute approximate surface area is 92.4 Å². The zero-order valence-electron chi connectivity index (χ0n) is 8.69. The highest BCUT2D eigenvalue weighted by Crippen LogP contribution is 2.10. The summed E-state index contributed by atoms with van der Waals surface area (Å²) in [4.78, 5) is 37.7. The van der Waals surface area contributed by atoms with E-state index in [9.17, 15) is 14.4 Å². The minimum Gasteiger partial charge on any atom is -0.380 e. The molecule has 0 aliphatic carbocycles. The average Bonchev–Trinajstić information content (AvgIpc) is 2.25. The first-order chi connectivity index (χ1) is 7.66. The minimum absolute atomic E-state index is 0.0125. The predicted octanol–water partition coefficient (Wildman–Crippen LogP) is -2.32. The number of nitrogens with zero attached hydrogens (tertiary/aromatic N) is 1. The van der Waals surface area contributed by atoms with Crippen LogP contribution in [0.5, 0.6) is 0 Å². The molecule has 16 heavy (non-hydrogen) atoms. The first-order valence-corrected chi connectivity index (χ1v) is 6.67. The number of aromatic amines is 2. The van der Waals surface area contributed by atoms with Gasteiger partial charge in [-0.15, -0.1) is 0 Å². The van der Waals surface area contributed by atoms with E-state index >= 15 is 0 Å². The van der Waals surface area contributed by atoms with Crippen LogP contribution in [0.25, 0.3) is 0 Å². The maximum Gasteiger partial charge on any atom is 0.330 e. The average molecular weight is 243 g/mol. The van der Waals surface area contributed by atoms with Crippen molar-refractivity contribution in [1.82, 2.24) is 14.2 Å². The molecule has 0 radical (unpaired) electrons. The summed E-state index contributed by atoms with van der Waals surface area (Å²) in [7, 11) is -1.16. The Hall–Kier alpha value is -1.41. The zero-order chi connectivity index (χ0) is 11.5. The largest absolute Gasteiger partial charge is 0.380 e. The molecule has 1 aromatic rings. The Morgan fingerprint density at radius 1 is 1.19 bits per heavy atom. The van der Waals surface area contributed by atoms with Crippen molar-refractivity contribution < 1.29 is 4.74 Å². The third-order valence-electron chi connectivity index (χ3n) is 2.59. The number of hydrogen-bond acceptors (Lipinski definition) is 4. The van der Waals surface area contributed by atoms with Crippen LogP contribution in [0.15, 0.2) is 14.4 Å². The lowest BCUT2D eigenvalue weighted by Gasteiger charge is -2.21. The number of ether oxygens (including phenoxy) is 1. The first-order valence-electron chi connectivity index (χ1n) is 5.22. The van der Waals surface area contributed by atoms with E-state index in [0.717, 1.165) is 23.5 Å². The van der Waals surface area contributed by atoms with Crippen LogP contribution in [-0.2, 0) is 4.74 Å². The molecule has 1 saturated heterocycles. The summed E-state index contributed by atoms with van der Waals surface area (Å²) >= 11 is 0. The lowest BCUT2D eigenvalue weighted by molar-refractivity contribution is 0.0640. The summed E-state index contributed by atoms with van der Waals surface area (Å²) in [5, 5.41) is 0. The number of rotatable bonds is 2. The van der Waals surface area contributed by atoms with Gasteiger partial charge in [-0.25, -0.2) is 14.4 Å². The molecule has 2 heterocycles. The monoisotopic (exact) mass is 243 g/mol. The summed E-state index contributed by atoms with van der Waals surface area (Å²) in [6.45, 7) is 0.688. The van der Waals surface area contributed by atoms with E-state index < -0.39 is 26.8 Å². The van der Waals surface area contributed by atoms with Gasteiger partial charge in [0.2, 0.25) is 0 Å². The number of H-pyrrole nitrogens is 2. The van der Waals surface area contributed by atoms with Crippen LogP contribution >= 0.6 is 0 Å². The fourth-order valence-corrected chi connectivity index (χ4v) is 3.41. The van der Waals surface area contributed by atoms with Gasteiger partial charge < -0.3 is 4.74 Å². The van der Waals surface area contributed by atoms with Gasteiger partial charge in [0.25, 0.3) is 0 Å². The van der Waals surface area contributed by atoms with Crippen LogP contribution in [0.2, 0.25) is 0 Å². The molecule has 0 aromatic carbocycles. The van der Waals surface area contributed by atoms with Crippen molar-refractivity contribution in [3.8, 4) is 0 Å². The van der Waals surface area contributed by atoms with Crippen molar-refractivity contribution in [3.63, 3.8) is 0 Å². The van der Waals surface area contributed by atoms with Crippen LogP contribution < -0.4 is 17.1 Å². The van der Waals surface area contributed by atoms with E-state index in [1.54, 1.807) is 0 Å². The van der Waals surface area contributed by atoms with Crippen molar-refractivity contribution in [2.45, 2.75) is 25.0 Å². The van der Waals surface area contributed by atoms with Gasteiger partial charge in [-0.2, -0.15) is 0 Å². The van der Waals surface area contributed by atoms with Crippen LogP contribution in [0.1, 0.15) is 19.3 Å². The lowest BCUT2D eigenvalue weighted by atomic mass is 10.2. The van der Waals surface area contributed by atoms with Gasteiger partial charge >= 0.3 is 17.1 Å². The third-order valence-corrected chi connectivity index (χ3v) is 4.58. The summed E-state index contributed by atoms with van der Waals surface area (Å²) in [5.74, 6) is 0. The van der Waals surface area contributed by atoms with Crippen molar-refractivity contribution in [1.29, 1.82) is 0 Å². The van der Waals surface area contributed by atoms with E-state index in [2.05, 4.69) is 0 Å². The molecule has 1 aliphatic rings. The molecule has 1 aliphatic heterocycles. The third kappa shape index (κ3) is 2.39. The normalized spacial score (nSPS) is 21.6. The molecule has 2 rings (SSSR count). The van der Waals surface area contributed by atoms with Crippen molar-refractivity contribution >= 4 is 9.68 Å². The Kier molecular flexibility index (Phi) is 3.20. The predicted molar refractivity (Wildman–Crippen MR) is 59.5 cm³/mol. The van der Waals surface area contributed by atoms with Crippen LogP contribution in [0.3, 0.4) is 0 Å². The SMILES string of the molecule is O=c1[nH]c(=O)n([SiH2]C2CCCCO2)c(=O)[nH]1. The van der Waals surface area contributed by atoms with E-state index in [-0.39, 0.29) is 5.73 Å². The second-order valence-electron chi connectivity index (χ2n) is 3.79. The highest BCUT2D eigenvalue weighted by atomic mass is 28.2. The standard InChI is InChI=1S/C8H13N3O4Si/c12-6-9-7(13)11(8(14)10-6)16-5-3-1-2-4-15-5/h5H,1-4,16H2,(H2,9,10,12,13,14). The van der Waals surface area contributed by atoms with E-state index in [0.29, 0.717) is 6.61 Å². The molecule has 1 atom stereocenters. The molecule has 0 bridgehead atoms. The molecular weight excluding hydrogens is 230 g/mol. The van der Waals surface area contributed by atoms with Gasteiger partial charge in [-0.1, -0.05) is 0 Å². The fourth-order valence-electron chi connectivity index (χ4n) is 1.77. The van der Waals surface area contributed by atoms with Gasteiger partial charge in [0.15, 0.2) is 9.68 Å². The molecule has 0 amide bonds. The second kappa shape index (κ2) is 4.62. The van der Waals surface area contributed by atoms with Gasteiger partial charge in [0, 0.05) is 6.61 Å². The summed E-state index contributed by atoms with van der Waals surface area (Å²) in [5.41, 5.74) is -2.01. The molecule has 2 N–H and O–H groups in total. The first kappa shape index (κ1) is 11.1. The van der Waals surface area contributed by atoms with Crippen molar-refractivity contribution in [2.75, 3.05) is 6.61 Å². The maximum absolute atomic E-state index is 11.4. The highest BCUT2D eigenvalue weighted by molar-refractivity contribution is 6.35. The minimum atomic E-state index is -1.16. The number of aromatic nitrogens is 3.